The molecule has 0 amide bonds. The molecule has 0 bridgehead atoms. The molecule has 0 spiro atoms. The largest absolute Gasteiger partial charge is 0.274 e. The number of hydrogen-bond acceptors (Lipinski definition) is 4. The van der Waals surface area contributed by atoms with Crippen molar-refractivity contribution in [3.63, 3.8) is 0 Å². The van der Waals surface area contributed by atoms with Gasteiger partial charge < -0.3 is 0 Å². The third kappa shape index (κ3) is 1.95. The summed E-state index contributed by atoms with van der Waals surface area (Å²) in [5.41, 5.74) is -0.0773. The van der Waals surface area contributed by atoms with Crippen LogP contribution in [0.3, 0.4) is 0 Å². The first-order valence-corrected chi connectivity index (χ1v) is 5.05. The van der Waals surface area contributed by atoms with E-state index in [0.29, 0.717) is 0 Å². The minimum Gasteiger partial charge on any atom is -0.233 e. The molecule has 0 aromatic rings. The third-order valence-corrected chi connectivity index (χ3v) is 2.96. The molecule has 1 atom stereocenters. The Morgan fingerprint density at radius 3 is 2.57 bits per heavy atom. The van der Waals surface area contributed by atoms with Crippen LogP contribution in [0.15, 0.2) is 34.3 Å². The summed E-state index contributed by atoms with van der Waals surface area (Å²) in [6, 6.07) is 0. The van der Waals surface area contributed by atoms with Crippen LogP contribution in [-0.4, -0.2) is 25.7 Å². The van der Waals surface area contributed by atoms with Gasteiger partial charge in [0.2, 0.25) is 0 Å². The molecule has 1 rings (SSSR count). The van der Waals surface area contributed by atoms with Crippen molar-refractivity contribution in [2.45, 2.75) is 5.25 Å². The van der Waals surface area contributed by atoms with Gasteiger partial charge in [0.15, 0.2) is 0 Å². The minimum absolute atomic E-state index is 0.0773. The summed E-state index contributed by atoms with van der Waals surface area (Å²) in [6.07, 6.45) is 6.43. The summed E-state index contributed by atoms with van der Waals surface area (Å²) in [4.78, 5) is 20.2. The molecular weight excluding hydrogens is 206 g/mol. The first kappa shape index (κ1) is 10.3. The topological polar surface area (TPSA) is 80.6 Å². The number of carbonyl (C=O) groups excluding carboxylic acids is 2. The van der Waals surface area contributed by atoms with E-state index in [-0.39, 0.29) is 5.57 Å². The predicted molar refractivity (Wildman–Crippen MR) is 48.3 cm³/mol. The number of rotatable bonds is 2. The summed E-state index contributed by atoms with van der Waals surface area (Å²) in [5, 5.41) is -1.23. The normalized spacial score (nSPS) is 20.0. The molecule has 0 heterocycles. The van der Waals surface area contributed by atoms with Crippen molar-refractivity contribution in [3.05, 3.63) is 29.9 Å². The van der Waals surface area contributed by atoms with Gasteiger partial charge in [-0.3, -0.25) is 0 Å². The van der Waals surface area contributed by atoms with Crippen LogP contribution in [0, 0.1) is 0 Å². The Bertz CT molecular complexity index is 487. The zero-order chi connectivity index (χ0) is 10.6. The van der Waals surface area contributed by atoms with Gasteiger partial charge in [0.1, 0.15) is 11.2 Å². The summed E-state index contributed by atoms with van der Waals surface area (Å²) < 4.78 is 25.1. The Labute approximate surface area is 80.2 Å². The molecule has 0 saturated carbocycles. The predicted octanol–water partition coefficient (Wildman–Crippen LogP) is -0.0954. The van der Waals surface area contributed by atoms with Gasteiger partial charge in [0.05, 0.1) is 5.57 Å². The van der Waals surface area contributed by atoms with Crippen LogP contribution in [0.1, 0.15) is 0 Å². The van der Waals surface area contributed by atoms with Crippen molar-refractivity contribution < 1.29 is 18.0 Å². The van der Waals surface area contributed by atoms with Crippen LogP contribution < -0.4 is 0 Å². The van der Waals surface area contributed by atoms with Crippen LogP contribution in [0.5, 0.6) is 0 Å². The zero-order valence-corrected chi connectivity index (χ0v) is 7.69. The minimum atomic E-state index is -4.03. The van der Waals surface area contributed by atoms with Crippen LogP contribution in [-0.2, 0) is 19.6 Å². The second-order valence-electron chi connectivity index (χ2n) is 2.42. The molecule has 0 radical (unpaired) electrons. The molecule has 6 heteroatoms. The maximum Gasteiger partial charge on any atom is 0.274 e. The van der Waals surface area contributed by atoms with Crippen LogP contribution in [0.25, 0.3) is 0 Å². The molecule has 1 unspecified atom stereocenters. The number of nitrogens with zero attached hydrogens (tertiary/aromatic N) is 1. The molecule has 0 aliphatic heterocycles. The lowest BCUT2D eigenvalue weighted by Crippen LogP contribution is -2.20. The molecule has 1 aliphatic carbocycles. The fourth-order valence-electron chi connectivity index (χ4n) is 0.983. The smallest absolute Gasteiger partial charge is 0.233 e. The highest BCUT2D eigenvalue weighted by molar-refractivity contribution is 7.91. The monoisotopic (exact) mass is 211 g/mol. The molecular formula is C8H5NO4S. The van der Waals surface area contributed by atoms with E-state index in [0.717, 1.165) is 6.08 Å². The third-order valence-electron chi connectivity index (χ3n) is 1.58. The Morgan fingerprint density at radius 1 is 1.29 bits per heavy atom. The van der Waals surface area contributed by atoms with E-state index >= 15 is 0 Å². The maximum atomic E-state index is 11.2. The summed E-state index contributed by atoms with van der Waals surface area (Å²) in [5.74, 6) is 1.48. The SMILES string of the molecule is O=C=NS(=O)(=O)C1C=CC=CC1=C=O. The van der Waals surface area contributed by atoms with E-state index < -0.39 is 15.3 Å². The average molecular weight is 211 g/mol. The second kappa shape index (κ2) is 3.98. The molecule has 5 nitrogen and oxygen atoms in total. The first-order chi connectivity index (χ1) is 6.61. The molecule has 0 fully saturated rings. The van der Waals surface area contributed by atoms with E-state index in [2.05, 4.69) is 4.40 Å². The van der Waals surface area contributed by atoms with E-state index in [1.165, 1.54) is 30.2 Å². The van der Waals surface area contributed by atoms with Gasteiger partial charge in [0.25, 0.3) is 16.1 Å². The zero-order valence-electron chi connectivity index (χ0n) is 6.88. The number of hydrogen-bond donors (Lipinski definition) is 0. The first-order valence-electron chi connectivity index (χ1n) is 3.54. The van der Waals surface area contributed by atoms with E-state index in [9.17, 15) is 18.0 Å². The fourth-order valence-corrected chi connectivity index (χ4v) is 1.94. The molecule has 1 aliphatic rings. The van der Waals surface area contributed by atoms with Crippen molar-refractivity contribution in [2.75, 3.05) is 0 Å². The Morgan fingerprint density at radius 2 is 2.00 bits per heavy atom. The van der Waals surface area contributed by atoms with Gasteiger partial charge in [-0.25, -0.2) is 18.0 Å². The van der Waals surface area contributed by atoms with Gasteiger partial charge in [-0.15, -0.1) is 0 Å². The summed E-state index contributed by atoms with van der Waals surface area (Å²) >= 11 is 0. The Kier molecular flexibility index (Phi) is 2.94. The van der Waals surface area contributed by atoms with E-state index in [1.54, 1.807) is 0 Å². The molecule has 0 aromatic carbocycles. The van der Waals surface area contributed by atoms with Gasteiger partial charge in [0, 0.05) is 0 Å². The number of allylic oxidation sites excluding steroid dienone is 3. The van der Waals surface area contributed by atoms with Crippen molar-refractivity contribution in [3.8, 4) is 0 Å². The van der Waals surface area contributed by atoms with Gasteiger partial charge in [-0.1, -0.05) is 22.6 Å². The lowest BCUT2D eigenvalue weighted by atomic mass is 10.1. The molecule has 0 N–H and O–H groups in total. The van der Waals surface area contributed by atoms with Crippen LogP contribution in [0.2, 0.25) is 0 Å². The van der Waals surface area contributed by atoms with Crippen molar-refractivity contribution in [1.82, 2.24) is 0 Å². The fraction of sp³-hybridized carbons (Fsp3) is 0.125. The number of isocyanates is 1. The van der Waals surface area contributed by atoms with Crippen molar-refractivity contribution in [1.29, 1.82) is 0 Å². The highest BCUT2D eigenvalue weighted by Gasteiger charge is 2.27. The van der Waals surface area contributed by atoms with Gasteiger partial charge in [-0.05, 0) is 6.08 Å². The maximum absolute atomic E-state index is 11.2. The number of sulfonamides is 1. The lowest BCUT2D eigenvalue weighted by molar-refractivity contribution is 0.561. The second-order valence-corrected chi connectivity index (χ2v) is 4.14. The molecule has 0 saturated heterocycles. The lowest BCUT2D eigenvalue weighted by Gasteiger charge is -2.09. The molecule has 0 aromatic heterocycles. The highest BCUT2D eigenvalue weighted by atomic mass is 32.2. The Hall–Kier alpha value is -1.74. The molecule has 14 heavy (non-hydrogen) atoms. The van der Waals surface area contributed by atoms with Gasteiger partial charge >= 0.3 is 0 Å². The van der Waals surface area contributed by atoms with E-state index in [1.807, 2.05) is 0 Å². The highest BCUT2D eigenvalue weighted by Crippen LogP contribution is 2.17. The van der Waals surface area contributed by atoms with Crippen molar-refractivity contribution >= 4 is 22.0 Å². The van der Waals surface area contributed by atoms with Crippen LogP contribution >= 0.6 is 0 Å². The summed E-state index contributed by atoms with van der Waals surface area (Å²) in [7, 11) is -4.03. The van der Waals surface area contributed by atoms with Gasteiger partial charge in [-0.2, -0.15) is 0 Å². The van der Waals surface area contributed by atoms with Crippen molar-refractivity contribution in [2.24, 2.45) is 4.40 Å². The van der Waals surface area contributed by atoms with Crippen LogP contribution in [0.4, 0.5) is 0 Å². The average Bonchev–Trinajstić information content (AvgIpc) is 2.18. The standard InChI is InChI=1S/C8H5NO4S/c10-5-7-3-1-2-4-8(7)14(12,13)9-6-11/h1-4,8H. The quantitative estimate of drug-likeness (QED) is 0.363. The molecule has 72 valence electrons. The summed E-state index contributed by atoms with van der Waals surface area (Å²) in [6.45, 7) is 0. The van der Waals surface area contributed by atoms with E-state index in [4.69, 9.17) is 0 Å². The Balaban J connectivity index is 3.23.